The Morgan fingerprint density at radius 3 is 2.50 bits per heavy atom. The van der Waals surface area contributed by atoms with Crippen LogP contribution in [0.5, 0.6) is 0 Å². The first-order chi connectivity index (χ1) is 15.1. The zero-order chi connectivity index (χ0) is 23.6. The van der Waals surface area contributed by atoms with E-state index >= 15 is 0 Å². The third-order valence-corrected chi connectivity index (χ3v) is 5.96. The van der Waals surface area contributed by atoms with E-state index in [1.54, 1.807) is 10.7 Å². The summed E-state index contributed by atoms with van der Waals surface area (Å²) in [5, 5.41) is 20.9. The van der Waals surface area contributed by atoms with Crippen molar-refractivity contribution < 1.29 is 9.32 Å². The Morgan fingerprint density at radius 1 is 1.28 bits per heavy atom. The summed E-state index contributed by atoms with van der Waals surface area (Å²) in [6.07, 6.45) is 0.907. The molecule has 0 bridgehead atoms. The minimum atomic E-state index is -0.412. The predicted octanol–water partition coefficient (Wildman–Crippen LogP) is 5.00. The normalized spacial score (nSPS) is 12.6. The number of carbonyl (C=O) groups is 1. The van der Waals surface area contributed by atoms with E-state index in [4.69, 9.17) is 10.3 Å². The highest BCUT2D eigenvalue weighted by Crippen LogP contribution is 2.31. The summed E-state index contributed by atoms with van der Waals surface area (Å²) < 4.78 is 6.95. The molecule has 1 amide bonds. The van der Waals surface area contributed by atoms with Crippen LogP contribution in [0.15, 0.2) is 34.9 Å². The fraction of sp³-hybridized carbons (Fsp3) is 0.417. The van der Waals surface area contributed by atoms with Gasteiger partial charge in [-0.2, -0.15) is 10.4 Å². The molecule has 8 heteroatoms. The fourth-order valence-electron chi connectivity index (χ4n) is 3.30. The van der Waals surface area contributed by atoms with Gasteiger partial charge < -0.3 is 10.3 Å². The predicted molar refractivity (Wildman–Crippen MR) is 124 cm³/mol. The van der Waals surface area contributed by atoms with E-state index in [1.165, 1.54) is 0 Å². The Morgan fingerprint density at radius 2 is 1.94 bits per heavy atom. The maximum absolute atomic E-state index is 12.7. The van der Waals surface area contributed by atoms with Crippen LogP contribution in [0.4, 0.5) is 11.7 Å². The Labute approximate surface area is 188 Å². The average Bonchev–Trinajstić information content (AvgIpc) is 3.38. The SMILES string of the molecule is CCC(C)(C)c1cc(NC(=O)C(C)c2ccc(-c3nn(C(C)C)c(N)c3C#N)cc2)on1. The number of nitrogens with zero attached hydrogens (tertiary/aromatic N) is 4. The number of nitrogens with one attached hydrogen (secondary N) is 1. The lowest BCUT2D eigenvalue weighted by Crippen LogP contribution is -2.18. The average molecular weight is 435 g/mol. The maximum Gasteiger partial charge on any atom is 0.234 e. The van der Waals surface area contributed by atoms with Crippen LogP contribution in [0.2, 0.25) is 0 Å². The van der Waals surface area contributed by atoms with Crippen molar-refractivity contribution in [3.63, 3.8) is 0 Å². The number of nitriles is 1. The van der Waals surface area contributed by atoms with Gasteiger partial charge in [-0.25, -0.2) is 4.68 Å². The van der Waals surface area contributed by atoms with E-state index in [-0.39, 0.29) is 17.4 Å². The molecule has 0 aliphatic rings. The highest BCUT2D eigenvalue weighted by atomic mass is 16.5. The van der Waals surface area contributed by atoms with E-state index in [2.05, 4.69) is 42.4 Å². The molecule has 2 aromatic heterocycles. The van der Waals surface area contributed by atoms with Crippen LogP contribution in [0.3, 0.4) is 0 Å². The molecule has 0 aliphatic heterocycles. The number of hydrogen-bond acceptors (Lipinski definition) is 6. The number of nitrogens with two attached hydrogens (primary N) is 1. The maximum atomic E-state index is 12.7. The lowest BCUT2D eigenvalue weighted by atomic mass is 9.87. The van der Waals surface area contributed by atoms with Gasteiger partial charge >= 0.3 is 0 Å². The molecule has 3 N–H and O–H groups in total. The first kappa shape index (κ1) is 23.1. The molecule has 0 aliphatic carbocycles. The Kier molecular flexibility index (Phi) is 6.40. The molecule has 168 valence electrons. The Balaban J connectivity index is 1.77. The summed E-state index contributed by atoms with van der Waals surface area (Å²) in [6, 6.07) is 11.4. The number of carbonyl (C=O) groups excluding carboxylic acids is 1. The second kappa shape index (κ2) is 8.87. The number of nitrogen functional groups attached to an aromatic ring is 1. The lowest BCUT2D eigenvalue weighted by molar-refractivity contribution is -0.117. The molecule has 0 fully saturated rings. The second-order valence-electron chi connectivity index (χ2n) is 8.91. The fourth-order valence-corrected chi connectivity index (χ4v) is 3.30. The van der Waals surface area contributed by atoms with Crippen molar-refractivity contribution in [1.82, 2.24) is 14.9 Å². The second-order valence-corrected chi connectivity index (χ2v) is 8.91. The van der Waals surface area contributed by atoms with Crippen molar-refractivity contribution in [2.75, 3.05) is 11.1 Å². The standard InChI is InChI=1S/C24H30N6O2/c1-7-24(5,6)19-12-20(32-29-19)27-23(31)15(4)16-8-10-17(11-9-16)21-18(13-25)22(26)30(28-21)14(2)3/h8-12,14-15H,7,26H2,1-6H3,(H,27,31). The monoisotopic (exact) mass is 434 g/mol. The van der Waals surface area contributed by atoms with E-state index in [9.17, 15) is 10.1 Å². The van der Waals surface area contributed by atoms with Crippen LogP contribution < -0.4 is 11.1 Å². The summed E-state index contributed by atoms with van der Waals surface area (Å²) in [7, 11) is 0. The molecule has 8 nitrogen and oxygen atoms in total. The number of amides is 1. The molecule has 0 saturated heterocycles. The van der Waals surface area contributed by atoms with Crippen LogP contribution in [-0.4, -0.2) is 20.8 Å². The van der Waals surface area contributed by atoms with Gasteiger partial charge in [0.2, 0.25) is 11.8 Å². The van der Waals surface area contributed by atoms with Crippen molar-refractivity contribution in [3.8, 4) is 17.3 Å². The van der Waals surface area contributed by atoms with Crippen LogP contribution in [-0.2, 0) is 10.2 Å². The molecular formula is C24H30N6O2. The van der Waals surface area contributed by atoms with Crippen molar-refractivity contribution >= 4 is 17.6 Å². The number of anilines is 2. The zero-order valence-corrected chi connectivity index (χ0v) is 19.4. The summed E-state index contributed by atoms with van der Waals surface area (Å²) >= 11 is 0. The quantitative estimate of drug-likeness (QED) is 0.539. The zero-order valence-electron chi connectivity index (χ0n) is 19.4. The summed E-state index contributed by atoms with van der Waals surface area (Å²) in [6.45, 7) is 12.0. The molecule has 0 saturated carbocycles. The molecule has 2 heterocycles. The highest BCUT2D eigenvalue weighted by molar-refractivity contribution is 5.94. The molecule has 32 heavy (non-hydrogen) atoms. The van der Waals surface area contributed by atoms with Gasteiger partial charge in [0, 0.05) is 23.1 Å². The Bertz CT molecular complexity index is 1150. The number of benzene rings is 1. The number of rotatable bonds is 7. The molecule has 1 atom stereocenters. The van der Waals surface area contributed by atoms with Crippen molar-refractivity contribution in [2.24, 2.45) is 0 Å². The molecule has 0 spiro atoms. The van der Waals surface area contributed by atoms with Gasteiger partial charge in [-0.15, -0.1) is 0 Å². The Hall–Kier alpha value is -3.60. The summed E-state index contributed by atoms with van der Waals surface area (Å²) in [5.74, 6) is 0.0849. The minimum Gasteiger partial charge on any atom is -0.383 e. The van der Waals surface area contributed by atoms with Crippen LogP contribution >= 0.6 is 0 Å². The molecular weight excluding hydrogens is 404 g/mol. The van der Waals surface area contributed by atoms with E-state index in [0.29, 0.717) is 23.0 Å². The smallest absolute Gasteiger partial charge is 0.234 e. The van der Waals surface area contributed by atoms with Crippen molar-refractivity contribution in [2.45, 2.75) is 65.3 Å². The van der Waals surface area contributed by atoms with Crippen LogP contribution in [0.25, 0.3) is 11.3 Å². The first-order valence-electron chi connectivity index (χ1n) is 10.8. The van der Waals surface area contributed by atoms with Crippen molar-refractivity contribution in [1.29, 1.82) is 5.26 Å². The van der Waals surface area contributed by atoms with Gasteiger partial charge in [0.15, 0.2) is 0 Å². The van der Waals surface area contributed by atoms with E-state index in [0.717, 1.165) is 23.2 Å². The largest absolute Gasteiger partial charge is 0.383 e. The first-order valence-corrected chi connectivity index (χ1v) is 10.8. The molecule has 0 radical (unpaired) electrons. The number of aromatic nitrogens is 3. The summed E-state index contributed by atoms with van der Waals surface area (Å²) in [5.41, 5.74) is 9.27. The van der Waals surface area contributed by atoms with Gasteiger partial charge in [0.1, 0.15) is 23.1 Å². The number of hydrogen-bond donors (Lipinski definition) is 2. The third kappa shape index (κ3) is 4.37. The third-order valence-electron chi connectivity index (χ3n) is 5.96. The minimum absolute atomic E-state index is 0.0401. The topological polar surface area (TPSA) is 123 Å². The van der Waals surface area contributed by atoms with E-state index < -0.39 is 5.92 Å². The van der Waals surface area contributed by atoms with Gasteiger partial charge in [0.05, 0.1) is 11.6 Å². The summed E-state index contributed by atoms with van der Waals surface area (Å²) in [4.78, 5) is 12.7. The van der Waals surface area contributed by atoms with Gasteiger partial charge in [-0.3, -0.25) is 10.1 Å². The lowest BCUT2D eigenvalue weighted by Gasteiger charge is -2.18. The highest BCUT2D eigenvalue weighted by Gasteiger charge is 2.24. The van der Waals surface area contributed by atoms with Gasteiger partial charge in [-0.1, -0.05) is 50.2 Å². The van der Waals surface area contributed by atoms with E-state index in [1.807, 2.05) is 45.0 Å². The molecule has 3 aromatic rings. The van der Waals surface area contributed by atoms with Crippen molar-refractivity contribution in [3.05, 3.63) is 47.2 Å². The van der Waals surface area contributed by atoms with Crippen LogP contribution in [0, 0.1) is 11.3 Å². The molecule has 3 rings (SSSR count). The molecule has 1 aromatic carbocycles. The molecule has 1 unspecified atom stereocenters. The van der Waals surface area contributed by atoms with Gasteiger partial charge in [0.25, 0.3) is 0 Å². The van der Waals surface area contributed by atoms with Crippen LogP contribution in [0.1, 0.15) is 76.7 Å². The van der Waals surface area contributed by atoms with Gasteiger partial charge in [-0.05, 0) is 32.8 Å².